The Kier molecular flexibility index (Phi) is 4.75. The van der Waals surface area contributed by atoms with E-state index in [1.54, 1.807) is 0 Å². The Morgan fingerprint density at radius 1 is 1.29 bits per heavy atom. The summed E-state index contributed by atoms with van der Waals surface area (Å²) >= 11 is 12.2. The topological polar surface area (TPSA) is 17.8 Å². The van der Waals surface area contributed by atoms with Gasteiger partial charge in [0.05, 0.1) is 11.0 Å². The number of benzene rings is 1. The van der Waals surface area contributed by atoms with E-state index in [1.807, 2.05) is 18.2 Å². The van der Waals surface area contributed by atoms with Crippen LogP contribution in [-0.2, 0) is 6.42 Å². The molecule has 1 atom stereocenters. The van der Waals surface area contributed by atoms with Crippen molar-refractivity contribution in [3.63, 3.8) is 0 Å². The Labute approximate surface area is 136 Å². The minimum Gasteiger partial charge on any atom is -0.325 e. The first-order valence-electron chi connectivity index (χ1n) is 7.93. The molecule has 0 spiro atoms. The maximum Gasteiger partial charge on any atom is 0.111 e. The molecule has 114 valence electrons. The number of halogens is 2. The molecule has 0 radical (unpaired) electrons. The summed E-state index contributed by atoms with van der Waals surface area (Å²) in [7, 11) is 0. The molecule has 2 aromatic rings. The van der Waals surface area contributed by atoms with Crippen LogP contribution in [0.4, 0.5) is 0 Å². The second-order valence-electron chi connectivity index (χ2n) is 6.11. The summed E-state index contributed by atoms with van der Waals surface area (Å²) in [6.07, 6.45) is 7.54. The normalized spacial score (nSPS) is 18.2. The predicted octanol–water partition coefficient (Wildman–Crippen LogP) is 5.61. The number of aryl methyl sites for hydroxylation is 1. The Bertz CT molecular complexity index is 615. The number of alkyl halides is 1. The molecule has 1 fully saturated rings. The van der Waals surface area contributed by atoms with Gasteiger partial charge in [0.15, 0.2) is 0 Å². The highest BCUT2D eigenvalue weighted by atomic mass is 35.5. The molecule has 0 aliphatic heterocycles. The predicted molar refractivity (Wildman–Crippen MR) is 90.5 cm³/mol. The molecule has 4 heteroatoms. The summed E-state index contributed by atoms with van der Waals surface area (Å²) in [6, 6.07) is 6.43. The van der Waals surface area contributed by atoms with E-state index >= 15 is 0 Å². The summed E-state index contributed by atoms with van der Waals surface area (Å²) < 4.78 is 2.39. The van der Waals surface area contributed by atoms with Crippen molar-refractivity contribution in [2.75, 3.05) is 5.88 Å². The summed E-state index contributed by atoms with van der Waals surface area (Å²) in [6.45, 7) is 2.33. The van der Waals surface area contributed by atoms with Crippen molar-refractivity contribution in [3.8, 4) is 0 Å². The Morgan fingerprint density at radius 3 is 2.76 bits per heavy atom. The first-order chi connectivity index (χ1) is 10.2. The monoisotopic (exact) mass is 324 g/mol. The number of hydrogen-bond donors (Lipinski definition) is 0. The minimum absolute atomic E-state index is 0.465. The molecule has 1 aromatic carbocycles. The Balaban J connectivity index is 2.04. The van der Waals surface area contributed by atoms with Gasteiger partial charge in [0, 0.05) is 23.4 Å². The molecular formula is C17H22Cl2N2. The zero-order valence-corrected chi connectivity index (χ0v) is 14.0. The third kappa shape index (κ3) is 3.07. The van der Waals surface area contributed by atoms with Crippen molar-refractivity contribution in [1.82, 2.24) is 9.55 Å². The van der Waals surface area contributed by atoms with Crippen molar-refractivity contribution >= 4 is 34.2 Å². The van der Waals surface area contributed by atoms with Crippen LogP contribution in [0.15, 0.2) is 18.2 Å². The molecular weight excluding hydrogens is 303 g/mol. The molecule has 2 nitrogen and oxygen atoms in total. The van der Waals surface area contributed by atoms with Crippen molar-refractivity contribution in [2.45, 2.75) is 51.5 Å². The fourth-order valence-electron chi connectivity index (χ4n) is 3.66. The fourth-order valence-corrected chi connectivity index (χ4v) is 3.99. The van der Waals surface area contributed by atoms with Crippen LogP contribution in [0, 0.1) is 5.92 Å². The number of imidazole rings is 1. The van der Waals surface area contributed by atoms with Gasteiger partial charge < -0.3 is 4.57 Å². The molecule has 0 saturated heterocycles. The molecule has 3 rings (SSSR count). The zero-order chi connectivity index (χ0) is 14.8. The lowest BCUT2D eigenvalue weighted by Crippen LogP contribution is -2.21. The van der Waals surface area contributed by atoms with Gasteiger partial charge >= 0.3 is 0 Å². The average molecular weight is 325 g/mol. The third-order valence-electron chi connectivity index (χ3n) is 4.78. The van der Waals surface area contributed by atoms with Gasteiger partial charge in [-0.2, -0.15) is 0 Å². The summed E-state index contributed by atoms with van der Waals surface area (Å²) in [5.41, 5.74) is 2.18. The Morgan fingerprint density at radius 2 is 2.05 bits per heavy atom. The average Bonchev–Trinajstić information content (AvgIpc) is 2.85. The van der Waals surface area contributed by atoms with Gasteiger partial charge in [-0.3, -0.25) is 0 Å². The highest BCUT2D eigenvalue weighted by molar-refractivity contribution is 6.31. The van der Waals surface area contributed by atoms with E-state index < -0.39 is 0 Å². The van der Waals surface area contributed by atoms with Gasteiger partial charge in [0.2, 0.25) is 0 Å². The maximum atomic E-state index is 6.20. The molecule has 0 amide bonds. The smallest absolute Gasteiger partial charge is 0.111 e. The molecule has 21 heavy (non-hydrogen) atoms. The van der Waals surface area contributed by atoms with Gasteiger partial charge in [0.1, 0.15) is 5.82 Å². The molecule has 0 N–H and O–H groups in total. The molecule has 1 aromatic heterocycles. The minimum atomic E-state index is 0.465. The van der Waals surface area contributed by atoms with E-state index in [0.29, 0.717) is 11.9 Å². The summed E-state index contributed by atoms with van der Waals surface area (Å²) in [5, 5.41) is 0.775. The Hall–Kier alpha value is -0.730. The van der Waals surface area contributed by atoms with Crippen LogP contribution < -0.4 is 0 Å². The summed E-state index contributed by atoms with van der Waals surface area (Å²) in [4.78, 5) is 4.78. The second kappa shape index (κ2) is 6.58. The standard InChI is InChI=1S/C17H22Cl2N2/c1-12(13-5-3-2-4-6-13)21-16-11-14(19)7-8-15(16)20-17(21)9-10-18/h7-8,11-13H,2-6,9-10H2,1H3. The summed E-state index contributed by atoms with van der Waals surface area (Å²) in [5.74, 6) is 2.44. The van der Waals surface area contributed by atoms with Crippen LogP contribution in [0.25, 0.3) is 11.0 Å². The van der Waals surface area contributed by atoms with Crippen molar-refractivity contribution in [3.05, 3.63) is 29.0 Å². The molecule has 1 unspecified atom stereocenters. The van der Waals surface area contributed by atoms with Crippen LogP contribution in [0.5, 0.6) is 0 Å². The SMILES string of the molecule is CC(C1CCCCC1)n1c(CCCl)nc2ccc(Cl)cc21. The lowest BCUT2D eigenvalue weighted by molar-refractivity contribution is 0.264. The first-order valence-corrected chi connectivity index (χ1v) is 8.84. The zero-order valence-electron chi connectivity index (χ0n) is 12.5. The van der Waals surface area contributed by atoms with Crippen LogP contribution in [0.2, 0.25) is 5.02 Å². The van der Waals surface area contributed by atoms with Gasteiger partial charge in [-0.15, -0.1) is 11.6 Å². The van der Waals surface area contributed by atoms with Crippen LogP contribution >= 0.6 is 23.2 Å². The van der Waals surface area contributed by atoms with Gasteiger partial charge in [-0.25, -0.2) is 4.98 Å². The lowest BCUT2D eigenvalue weighted by Gasteiger charge is -2.30. The van der Waals surface area contributed by atoms with E-state index in [-0.39, 0.29) is 0 Å². The van der Waals surface area contributed by atoms with Gasteiger partial charge in [-0.05, 0) is 43.9 Å². The highest BCUT2D eigenvalue weighted by Crippen LogP contribution is 2.36. The molecule has 1 saturated carbocycles. The maximum absolute atomic E-state index is 6.20. The van der Waals surface area contributed by atoms with E-state index in [4.69, 9.17) is 28.2 Å². The van der Waals surface area contributed by atoms with E-state index in [2.05, 4.69) is 11.5 Å². The molecule has 1 aliphatic rings. The lowest BCUT2D eigenvalue weighted by atomic mass is 9.84. The number of hydrogen-bond acceptors (Lipinski definition) is 1. The first kappa shape index (κ1) is 15.2. The highest BCUT2D eigenvalue weighted by Gasteiger charge is 2.25. The largest absolute Gasteiger partial charge is 0.325 e. The number of aromatic nitrogens is 2. The molecule has 1 aliphatic carbocycles. The van der Waals surface area contributed by atoms with E-state index in [1.165, 1.54) is 32.1 Å². The molecule has 0 bridgehead atoms. The van der Waals surface area contributed by atoms with E-state index in [9.17, 15) is 0 Å². The fraction of sp³-hybridized carbons (Fsp3) is 0.588. The van der Waals surface area contributed by atoms with Crippen molar-refractivity contribution in [1.29, 1.82) is 0 Å². The number of nitrogens with zero attached hydrogens (tertiary/aromatic N) is 2. The van der Waals surface area contributed by atoms with E-state index in [0.717, 1.165) is 34.2 Å². The van der Waals surface area contributed by atoms with Crippen LogP contribution in [0.3, 0.4) is 0 Å². The number of fused-ring (bicyclic) bond motifs is 1. The molecule has 1 heterocycles. The van der Waals surface area contributed by atoms with Gasteiger partial charge in [-0.1, -0.05) is 30.9 Å². The third-order valence-corrected chi connectivity index (χ3v) is 5.21. The van der Waals surface area contributed by atoms with Crippen LogP contribution in [0.1, 0.15) is 50.9 Å². The second-order valence-corrected chi connectivity index (χ2v) is 6.92. The van der Waals surface area contributed by atoms with Gasteiger partial charge in [0.25, 0.3) is 0 Å². The quantitative estimate of drug-likeness (QED) is 0.668. The number of rotatable bonds is 4. The van der Waals surface area contributed by atoms with Crippen molar-refractivity contribution < 1.29 is 0 Å². The van der Waals surface area contributed by atoms with Crippen molar-refractivity contribution in [2.24, 2.45) is 5.92 Å². The van der Waals surface area contributed by atoms with Crippen LogP contribution in [-0.4, -0.2) is 15.4 Å².